The molecular formula is C24H25FN2O3S. The molecule has 1 amide bonds. The van der Waals surface area contributed by atoms with Crippen molar-refractivity contribution in [3.05, 3.63) is 95.3 Å². The third-order valence-corrected chi connectivity index (χ3v) is 6.70. The number of rotatable bonds is 8. The number of benzene rings is 3. The fraction of sp³-hybridized carbons (Fsp3) is 0.208. The van der Waals surface area contributed by atoms with Gasteiger partial charge in [-0.25, -0.2) is 12.8 Å². The van der Waals surface area contributed by atoms with Gasteiger partial charge >= 0.3 is 0 Å². The van der Waals surface area contributed by atoms with Crippen LogP contribution in [-0.2, 0) is 27.8 Å². The Balaban J connectivity index is 1.84. The van der Waals surface area contributed by atoms with Gasteiger partial charge in [-0.05, 0) is 60.9 Å². The van der Waals surface area contributed by atoms with Gasteiger partial charge in [-0.1, -0.05) is 48.9 Å². The molecule has 3 aromatic carbocycles. The lowest BCUT2D eigenvalue weighted by atomic mass is 10.1. The van der Waals surface area contributed by atoms with E-state index in [1.807, 2.05) is 26.0 Å². The summed E-state index contributed by atoms with van der Waals surface area (Å²) in [5.74, 6) is -0.869. The van der Waals surface area contributed by atoms with E-state index < -0.39 is 21.7 Å². The van der Waals surface area contributed by atoms with Gasteiger partial charge in [-0.2, -0.15) is 4.31 Å². The molecule has 0 fully saturated rings. The number of hydrogen-bond donors (Lipinski definition) is 1. The number of halogens is 1. The van der Waals surface area contributed by atoms with E-state index in [1.165, 1.54) is 36.4 Å². The van der Waals surface area contributed by atoms with E-state index >= 15 is 0 Å². The zero-order valence-electron chi connectivity index (χ0n) is 17.5. The maximum absolute atomic E-state index is 13.3. The number of anilines is 1. The molecule has 0 aromatic heterocycles. The molecule has 0 bridgehead atoms. The van der Waals surface area contributed by atoms with E-state index in [1.54, 1.807) is 24.3 Å². The highest BCUT2D eigenvalue weighted by molar-refractivity contribution is 7.89. The highest BCUT2D eigenvalue weighted by atomic mass is 32.2. The van der Waals surface area contributed by atoms with E-state index in [4.69, 9.17) is 0 Å². The van der Waals surface area contributed by atoms with Crippen LogP contribution in [0.15, 0.2) is 77.7 Å². The van der Waals surface area contributed by atoms with Gasteiger partial charge < -0.3 is 5.32 Å². The fourth-order valence-electron chi connectivity index (χ4n) is 3.06. The summed E-state index contributed by atoms with van der Waals surface area (Å²) in [5, 5.41) is 2.75. The summed E-state index contributed by atoms with van der Waals surface area (Å²) in [6.07, 6.45) is 0.883. The summed E-state index contributed by atoms with van der Waals surface area (Å²) >= 11 is 0. The predicted octanol–water partition coefficient (Wildman–Crippen LogP) is 4.53. The van der Waals surface area contributed by atoms with Crippen LogP contribution in [0.1, 0.15) is 23.6 Å². The number of carbonyl (C=O) groups excluding carboxylic acids is 1. The smallest absolute Gasteiger partial charge is 0.243 e. The second kappa shape index (κ2) is 9.85. The molecule has 0 atom stereocenters. The van der Waals surface area contributed by atoms with Crippen LogP contribution in [0, 0.1) is 12.7 Å². The first-order chi connectivity index (χ1) is 14.8. The van der Waals surface area contributed by atoms with Crippen molar-refractivity contribution in [2.24, 2.45) is 0 Å². The summed E-state index contributed by atoms with van der Waals surface area (Å²) in [6, 6.07) is 19.4. The van der Waals surface area contributed by atoms with Crippen molar-refractivity contribution >= 4 is 21.6 Å². The molecule has 0 saturated carbocycles. The van der Waals surface area contributed by atoms with Gasteiger partial charge in [0, 0.05) is 12.2 Å². The number of nitrogens with one attached hydrogen (secondary N) is 1. The van der Waals surface area contributed by atoms with Gasteiger partial charge in [-0.15, -0.1) is 0 Å². The molecule has 3 aromatic rings. The van der Waals surface area contributed by atoms with Gasteiger partial charge in [0.05, 0.1) is 11.4 Å². The first-order valence-corrected chi connectivity index (χ1v) is 11.4. The average Bonchev–Trinajstić information content (AvgIpc) is 2.75. The van der Waals surface area contributed by atoms with Crippen molar-refractivity contribution in [1.29, 1.82) is 0 Å². The van der Waals surface area contributed by atoms with E-state index in [2.05, 4.69) is 5.32 Å². The summed E-state index contributed by atoms with van der Waals surface area (Å²) in [4.78, 5) is 12.8. The molecule has 0 aliphatic rings. The van der Waals surface area contributed by atoms with Crippen LogP contribution in [0.5, 0.6) is 0 Å². The number of sulfonamides is 1. The molecule has 0 spiro atoms. The first-order valence-electron chi connectivity index (χ1n) is 9.98. The summed E-state index contributed by atoms with van der Waals surface area (Å²) in [6.45, 7) is 3.47. The molecule has 0 saturated heterocycles. The van der Waals surface area contributed by atoms with Crippen LogP contribution in [-0.4, -0.2) is 25.2 Å². The standard InChI is InChI=1S/C24H25FN2O3S/c1-3-19-8-12-22(13-9-19)26-24(28)17-27(16-20-6-10-21(25)11-7-20)31(29,30)23-14-4-18(2)5-15-23/h4-15H,3,16-17H2,1-2H3,(H,26,28). The van der Waals surface area contributed by atoms with E-state index in [0.717, 1.165) is 21.9 Å². The summed E-state index contributed by atoms with van der Waals surface area (Å²) in [7, 11) is -3.95. The number of carbonyl (C=O) groups is 1. The van der Waals surface area contributed by atoms with Crippen LogP contribution in [0.2, 0.25) is 0 Å². The van der Waals surface area contributed by atoms with Gasteiger partial charge in [0.2, 0.25) is 15.9 Å². The third-order valence-electron chi connectivity index (χ3n) is 4.90. The van der Waals surface area contributed by atoms with Gasteiger partial charge in [0.25, 0.3) is 0 Å². The van der Waals surface area contributed by atoms with Crippen molar-refractivity contribution in [1.82, 2.24) is 4.31 Å². The Morgan fingerprint density at radius 3 is 2.06 bits per heavy atom. The lowest BCUT2D eigenvalue weighted by Crippen LogP contribution is -2.37. The first kappa shape index (κ1) is 22.7. The van der Waals surface area contributed by atoms with Gasteiger partial charge in [0.15, 0.2) is 0 Å². The van der Waals surface area contributed by atoms with Crippen LogP contribution in [0.4, 0.5) is 10.1 Å². The monoisotopic (exact) mass is 440 g/mol. The van der Waals surface area contributed by atoms with Crippen molar-refractivity contribution < 1.29 is 17.6 Å². The molecule has 7 heteroatoms. The molecule has 31 heavy (non-hydrogen) atoms. The highest BCUT2D eigenvalue weighted by Gasteiger charge is 2.27. The Morgan fingerprint density at radius 1 is 0.903 bits per heavy atom. The largest absolute Gasteiger partial charge is 0.325 e. The topological polar surface area (TPSA) is 66.5 Å². The molecular weight excluding hydrogens is 415 g/mol. The molecule has 0 radical (unpaired) electrons. The minimum atomic E-state index is -3.95. The second-order valence-electron chi connectivity index (χ2n) is 7.31. The third kappa shape index (κ3) is 5.99. The van der Waals surface area contributed by atoms with Crippen LogP contribution in [0.3, 0.4) is 0 Å². The van der Waals surface area contributed by atoms with Gasteiger partial charge in [-0.3, -0.25) is 4.79 Å². The molecule has 162 valence electrons. The number of aryl methyl sites for hydroxylation is 2. The Bertz CT molecular complexity index is 1130. The Kier molecular flexibility index (Phi) is 7.20. The molecule has 3 rings (SSSR count). The zero-order chi connectivity index (χ0) is 22.4. The van der Waals surface area contributed by atoms with E-state index in [0.29, 0.717) is 11.3 Å². The van der Waals surface area contributed by atoms with Crippen molar-refractivity contribution in [2.45, 2.75) is 31.7 Å². The SMILES string of the molecule is CCc1ccc(NC(=O)CN(Cc2ccc(F)cc2)S(=O)(=O)c2ccc(C)cc2)cc1. The average molecular weight is 441 g/mol. The minimum Gasteiger partial charge on any atom is -0.325 e. The van der Waals surface area contributed by atoms with E-state index in [-0.39, 0.29) is 18.0 Å². The van der Waals surface area contributed by atoms with Crippen molar-refractivity contribution in [2.75, 3.05) is 11.9 Å². The number of nitrogens with zero attached hydrogens (tertiary/aromatic N) is 1. The van der Waals surface area contributed by atoms with Crippen molar-refractivity contribution in [3.63, 3.8) is 0 Å². The number of amides is 1. The summed E-state index contributed by atoms with van der Waals surface area (Å²) < 4.78 is 40.9. The molecule has 1 N–H and O–H groups in total. The quantitative estimate of drug-likeness (QED) is 0.560. The molecule has 0 unspecified atom stereocenters. The van der Waals surface area contributed by atoms with Crippen LogP contribution in [0.25, 0.3) is 0 Å². The van der Waals surface area contributed by atoms with E-state index in [9.17, 15) is 17.6 Å². The summed E-state index contributed by atoms with van der Waals surface area (Å²) in [5.41, 5.74) is 3.24. The van der Waals surface area contributed by atoms with Crippen LogP contribution >= 0.6 is 0 Å². The maximum atomic E-state index is 13.3. The molecule has 0 aliphatic heterocycles. The lowest BCUT2D eigenvalue weighted by molar-refractivity contribution is -0.116. The maximum Gasteiger partial charge on any atom is 0.243 e. The Morgan fingerprint density at radius 2 is 1.48 bits per heavy atom. The predicted molar refractivity (Wildman–Crippen MR) is 120 cm³/mol. The minimum absolute atomic E-state index is 0.0569. The fourth-order valence-corrected chi connectivity index (χ4v) is 4.45. The zero-order valence-corrected chi connectivity index (χ0v) is 18.3. The Hall–Kier alpha value is -3.03. The Labute approximate surface area is 182 Å². The lowest BCUT2D eigenvalue weighted by Gasteiger charge is -2.22. The van der Waals surface area contributed by atoms with Gasteiger partial charge in [0.1, 0.15) is 5.82 Å². The molecule has 5 nitrogen and oxygen atoms in total. The molecule has 0 heterocycles. The highest BCUT2D eigenvalue weighted by Crippen LogP contribution is 2.20. The normalized spacial score (nSPS) is 11.5. The number of hydrogen-bond acceptors (Lipinski definition) is 3. The van der Waals surface area contributed by atoms with Crippen molar-refractivity contribution in [3.8, 4) is 0 Å². The van der Waals surface area contributed by atoms with Crippen LogP contribution < -0.4 is 5.32 Å². The second-order valence-corrected chi connectivity index (χ2v) is 9.25. The molecule has 0 aliphatic carbocycles.